The van der Waals surface area contributed by atoms with E-state index in [1.165, 1.54) is 0 Å². The van der Waals surface area contributed by atoms with Crippen LogP contribution in [-0.4, -0.2) is 31.7 Å². The Kier molecular flexibility index (Phi) is 5.97. The van der Waals surface area contributed by atoms with Crippen LogP contribution in [0.5, 0.6) is 0 Å². The standard InChI is InChI=1S/C34H24BN3O2/c39-35(40)26-17-20-33-29(21-26)28-13-7-8-14-32(28)38(33)27-18-15-25(16-19-27)34-36-30(23-9-3-1-4-10-23)22-31(37-34)24-11-5-2-6-12-24/h1-22,39-40H. The summed E-state index contributed by atoms with van der Waals surface area (Å²) in [6, 6.07) is 44.3. The van der Waals surface area contributed by atoms with Gasteiger partial charge in [-0.2, -0.15) is 0 Å². The van der Waals surface area contributed by atoms with Crippen molar-refractivity contribution in [3.63, 3.8) is 0 Å². The second-order valence-electron chi connectivity index (χ2n) is 9.74. The fourth-order valence-corrected chi connectivity index (χ4v) is 5.28. The van der Waals surface area contributed by atoms with Crippen LogP contribution in [0.4, 0.5) is 0 Å². The molecule has 0 bridgehead atoms. The Bertz CT molecular complexity index is 1910. The summed E-state index contributed by atoms with van der Waals surface area (Å²) in [5, 5.41) is 21.5. The second kappa shape index (κ2) is 9.93. The monoisotopic (exact) mass is 517 g/mol. The van der Waals surface area contributed by atoms with E-state index >= 15 is 0 Å². The lowest BCUT2D eigenvalue weighted by atomic mass is 9.80. The molecule has 7 aromatic rings. The first-order chi connectivity index (χ1) is 19.7. The highest BCUT2D eigenvalue weighted by Crippen LogP contribution is 2.33. The molecule has 0 aliphatic carbocycles. The van der Waals surface area contributed by atoms with E-state index in [1.54, 1.807) is 6.07 Å². The van der Waals surface area contributed by atoms with E-state index in [0.717, 1.165) is 55.6 Å². The highest BCUT2D eigenvalue weighted by atomic mass is 16.4. The summed E-state index contributed by atoms with van der Waals surface area (Å²) in [5.74, 6) is 0.663. The first-order valence-electron chi connectivity index (χ1n) is 13.2. The number of hydrogen-bond acceptors (Lipinski definition) is 4. The molecule has 0 aliphatic heterocycles. The van der Waals surface area contributed by atoms with Gasteiger partial charge >= 0.3 is 7.12 Å². The third kappa shape index (κ3) is 4.26. The lowest BCUT2D eigenvalue weighted by Crippen LogP contribution is -2.29. The first kappa shape index (κ1) is 24.0. The predicted octanol–water partition coefficient (Wildman–Crippen LogP) is 6.25. The van der Waals surface area contributed by atoms with Crippen LogP contribution in [0, 0.1) is 0 Å². The van der Waals surface area contributed by atoms with Crippen molar-refractivity contribution >= 4 is 34.4 Å². The molecule has 7 rings (SSSR count). The van der Waals surface area contributed by atoms with Crippen molar-refractivity contribution in [2.45, 2.75) is 0 Å². The maximum Gasteiger partial charge on any atom is 0.488 e. The van der Waals surface area contributed by atoms with Crippen molar-refractivity contribution in [3.05, 3.63) is 133 Å². The average molecular weight is 517 g/mol. The van der Waals surface area contributed by atoms with Crippen LogP contribution in [0.15, 0.2) is 133 Å². The minimum Gasteiger partial charge on any atom is -0.423 e. The molecule has 0 aliphatic rings. The van der Waals surface area contributed by atoms with Gasteiger partial charge in [-0.1, -0.05) is 91.0 Å². The van der Waals surface area contributed by atoms with Gasteiger partial charge in [-0.25, -0.2) is 9.97 Å². The molecule has 190 valence electrons. The fourth-order valence-electron chi connectivity index (χ4n) is 5.28. The fraction of sp³-hybridized carbons (Fsp3) is 0. The summed E-state index contributed by atoms with van der Waals surface area (Å²) in [5.41, 5.74) is 8.25. The maximum absolute atomic E-state index is 9.74. The molecule has 6 heteroatoms. The number of hydrogen-bond donors (Lipinski definition) is 2. The largest absolute Gasteiger partial charge is 0.488 e. The van der Waals surface area contributed by atoms with Crippen LogP contribution in [0.25, 0.3) is 61.4 Å². The molecule has 5 nitrogen and oxygen atoms in total. The number of fused-ring (bicyclic) bond motifs is 3. The van der Waals surface area contributed by atoms with Crippen LogP contribution in [0.1, 0.15) is 0 Å². The lowest BCUT2D eigenvalue weighted by molar-refractivity contribution is 0.426. The van der Waals surface area contributed by atoms with Gasteiger partial charge in [0.1, 0.15) is 0 Å². The Hall–Kier alpha value is -5.04. The zero-order valence-electron chi connectivity index (χ0n) is 21.5. The van der Waals surface area contributed by atoms with Gasteiger partial charge in [0, 0.05) is 33.2 Å². The van der Waals surface area contributed by atoms with E-state index in [2.05, 4.69) is 65.2 Å². The zero-order valence-corrected chi connectivity index (χ0v) is 21.5. The summed E-state index contributed by atoms with van der Waals surface area (Å²) in [7, 11) is -1.52. The van der Waals surface area contributed by atoms with Crippen molar-refractivity contribution in [3.8, 4) is 39.6 Å². The van der Waals surface area contributed by atoms with Crippen molar-refractivity contribution in [1.29, 1.82) is 0 Å². The number of para-hydroxylation sites is 1. The Labute approximate surface area is 231 Å². The normalized spacial score (nSPS) is 11.2. The quantitative estimate of drug-likeness (QED) is 0.265. The molecule has 0 saturated heterocycles. The van der Waals surface area contributed by atoms with E-state index in [1.807, 2.05) is 66.7 Å². The van der Waals surface area contributed by atoms with Crippen LogP contribution >= 0.6 is 0 Å². The van der Waals surface area contributed by atoms with Gasteiger partial charge in [0.05, 0.1) is 22.4 Å². The van der Waals surface area contributed by atoms with Crippen LogP contribution in [-0.2, 0) is 0 Å². The zero-order chi connectivity index (χ0) is 27.1. The van der Waals surface area contributed by atoms with Gasteiger partial charge in [-0.3, -0.25) is 0 Å². The summed E-state index contributed by atoms with van der Waals surface area (Å²) < 4.78 is 2.19. The Morgan fingerprint density at radius 2 is 1.07 bits per heavy atom. The predicted molar refractivity (Wildman–Crippen MR) is 163 cm³/mol. The first-order valence-corrected chi connectivity index (χ1v) is 13.2. The average Bonchev–Trinajstić information content (AvgIpc) is 3.35. The van der Waals surface area contributed by atoms with E-state index in [4.69, 9.17) is 9.97 Å². The highest BCUT2D eigenvalue weighted by molar-refractivity contribution is 6.59. The maximum atomic E-state index is 9.74. The topological polar surface area (TPSA) is 71.2 Å². The van der Waals surface area contributed by atoms with Crippen molar-refractivity contribution < 1.29 is 10.0 Å². The molecule has 0 fully saturated rings. The third-order valence-electron chi connectivity index (χ3n) is 7.24. The van der Waals surface area contributed by atoms with Crippen LogP contribution in [0.3, 0.4) is 0 Å². The number of aromatic nitrogens is 3. The minimum absolute atomic E-state index is 0.468. The summed E-state index contributed by atoms with van der Waals surface area (Å²) >= 11 is 0. The van der Waals surface area contributed by atoms with Gasteiger partial charge < -0.3 is 14.6 Å². The molecular weight excluding hydrogens is 493 g/mol. The summed E-state index contributed by atoms with van der Waals surface area (Å²) in [4.78, 5) is 9.91. The number of benzene rings is 5. The van der Waals surface area contributed by atoms with Gasteiger partial charge in [-0.05, 0) is 47.9 Å². The molecule has 0 amide bonds. The van der Waals surface area contributed by atoms with Gasteiger partial charge in [-0.15, -0.1) is 0 Å². The highest BCUT2D eigenvalue weighted by Gasteiger charge is 2.17. The lowest BCUT2D eigenvalue weighted by Gasteiger charge is -2.11. The van der Waals surface area contributed by atoms with Gasteiger partial charge in [0.25, 0.3) is 0 Å². The van der Waals surface area contributed by atoms with E-state index in [-0.39, 0.29) is 0 Å². The van der Waals surface area contributed by atoms with Crippen LogP contribution in [0.2, 0.25) is 0 Å². The molecule has 0 saturated carbocycles. The van der Waals surface area contributed by atoms with E-state index in [9.17, 15) is 10.0 Å². The molecule has 5 aromatic carbocycles. The molecule has 0 atom stereocenters. The molecule has 40 heavy (non-hydrogen) atoms. The Morgan fingerprint density at radius 1 is 0.500 bits per heavy atom. The third-order valence-corrected chi connectivity index (χ3v) is 7.24. The molecule has 2 heterocycles. The smallest absolute Gasteiger partial charge is 0.423 e. The molecular formula is C34H24BN3O2. The second-order valence-corrected chi connectivity index (χ2v) is 9.74. The van der Waals surface area contributed by atoms with E-state index < -0.39 is 7.12 Å². The van der Waals surface area contributed by atoms with Gasteiger partial charge in [0.15, 0.2) is 5.82 Å². The summed E-state index contributed by atoms with van der Waals surface area (Å²) in [6.45, 7) is 0. The molecule has 2 aromatic heterocycles. The molecule has 0 unspecified atom stereocenters. The van der Waals surface area contributed by atoms with Gasteiger partial charge in [0.2, 0.25) is 0 Å². The SMILES string of the molecule is OB(O)c1ccc2c(c1)c1ccccc1n2-c1ccc(-c2nc(-c3ccccc3)cc(-c3ccccc3)n2)cc1. The summed E-state index contributed by atoms with van der Waals surface area (Å²) in [6.07, 6.45) is 0. The van der Waals surface area contributed by atoms with Crippen molar-refractivity contribution in [1.82, 2.24) is 14.5 Å². The molecule has 0 radical (unpaired) electrons. The number of nitrogens with zero attached hydrogens (tertiary/aromatic N) is 3. The van der Waals surface area contributed by atoms with Crippen LogP contribution < -0.4 is 5.46 Å². The number of rotatable bonds is 5. The van der Waals surface area contributed by atoms with Crippen molar-refractivity contribution in [2.24, 2.45) is 0 Å². The Morgan fingerprint density at radius 3 is 1.70 bits per heavy atom. The van der Waals surface area contributed by atoms with Crippen molar-refractivity contribution in [2.75, 3.05) is 0 Å². The minimum atomic E-state index is -1.52. The molecule has 2 N–H and O–H groups in total. The molecule has 0 spiro atoms. The Balaban J connectivity index is 1.36. The van der Waals surface area contributed by atoms with E-state index in [0.29, 0.717) is 11.3 Å².